The summed E-state index contributed by atoms with van der Waals surface area (Å²) in [5.41, 5.74) is 1.22. The Morgan fingerprint density at radius 2 is 1.86 bits per heavy atom. The lowest BCUT2D eigenvalue weighted by Crippen LogP contribution is -2.13. The van der Waals surface area contributed by atoms with Crippen molar-refractivity contribution in [3.8, 4) is 17.6 Å². The summed E-state index contributed by atoms with van der Waals surface area (Å²) in [7, 11) is 0. The molecule has 0 aliphatic heterocycles. The average molecular weight is 408 g/mol. The number of hydrogen-bond acceptors (Lipinski definition) is 4. The third kappa shape index (κ3) is 4.03. The van der Waals surface area contributed by atoms with Crippen LogP contribution in [0.5, 0.6) is 5.75 Å². The van der Waals surface area contributed by atoms with E-state index >= 15 is 0 Å². The molecule has 0 aliphatic carbocycles. The lowest BCUT2D eigenvalue weighted by atomic mass is 10.1. The second-order valence-corrected chi connectivity index (χ2v) is 7.37. The van der Waals surface area contributed by atoms with Crippen molar-refractivity contribution >= 4 is 21.7 Å². The minimum atomic E-state index is -1.01. The normalized spacial score (nSPS) is 10.7. The molecule has 0 saturated carbocycles. The second-order valence-electron chi connectivity index (χ2n) is 6.37. The maximum atomic E-state index is 13.4. The Bertz CT molecular complexity index is 1320. The molecule has 144 valence electrons. The largest absolute Gasteiger partial charge is 0.506 e. The highest BCUT2D eigenvalue weighted by Crippen LogP contribution is 2.31. The first-order chi connectivity index (χ1) is 14.0. The van der Waals surface area contributed by atoms with Crippen LogP contribution in [0.1, 0.15) is 21.7 Å². The first-order valence-corrected chi connectivity index (χ1v) is 9.54. The number of halogens is 2. The Balaban J connectivity index is 1.65. The molecule has 2 aromatic carbocycles. The van der Waals surface area contributed by atoms with Gasteiger partial charge in [0.1, 0.15) is 10.4 Å². The highest BCUT2D eigenvalue weighted by Gasteiger charge is 2.16. The Morgan fingerprint density at radius 3 is 2.62 bits per heavy atom. The molecule has 0 amide bonds. The summed E-state index contributed by atoms with van der Waals surface area (Å²) in [4.78, 5) is 19.2. The number of H-pyrrole nitrogens is 1. The molecule has 29 heavy (non-hydrogen) atoms. The van der Waals surface area contributed by atoms with Crippen molar-refractivity contribution in [1.82, 2.24) is 9.97 Å². The van der Waals surface area contributed by atoms with Crippen LogP contribution in [0, 0.1) is 23.5 Å². The molecule has 4 rings (SSSR count). The first kappa shape index (κ1) is 18.8. The van der Waals surface area contributed by atoms with Crippen LogP contribution in [-0.4, -0.2) is 15.1 Å². The number of pyridine rings is 1. The van der Waals surface area contributed by atoms with E-state index in [4.69, 9.17) is 0 Å². The van der Waals surface area contributed by atoms with Gasteiger partial charge in [-0.15, -0.1) is 0 Å². The average Bonchev–Trinajstić information content (AvgIpc) is 3.11. The van der Waals surface area contributed by atoms with Crippen LogP contribution in [0.4, 0.5) is 8.78 Å². The van der Waals surface area contributed by atoms with Crippen LogP contribution in [0.3, 0.4) is 0 Å². The van der Waals surface area contributed by atoms with Crippen LogP contribution < -0.4 is 5.56 Å². The summed E-state index contributed by atoms with van der Waals surface area (Å²) in [6.45, 7) is 0. The fraction of sp³-hybridized carbons (Fsp3) is 0.0909. The van der Waals surface area contributed by atoms with Crippen LogP contribution in [0.25, 0.3) is 10.3 Å². The number of rotatable bonds is 3. The van der Waals surface area contributed by atoms with Gasteiger partial charge in [0.15, 0.2) is 22.3 Å². The van der Waals surface area contributed by atoms with Crippen molar-refractivity contribution < 1.29 is 13.9 Å². The number of hydrogen-bond donors (Lipinski definition) is 2. The minimum absolute atomic E-state index is 0.0405. The Hall–Kier alpha value is -3.50. The zero-order chi connectivity index (χ0) is 20.4. The first-order valence-electron chi connectivity index (χ1n) is 8.72. The van der Waals surface area contributed by atoms with Crippen LogP contribution in [0.2, 0.25) is 0 Å². The molecule has 0 unspecified atom stereocenters. The molecule has 2 aromatic heterocycles. The van der Waals surface area contributed by atoms with Crippen molar-refractivity contribution in [1.29, 1.82) is 0 Å². The molecule has 0 aliphatic rings. The number of thiazole rings is 1. The van der Waals surface area contributed by atoms with Crippen LogP contribution in [0.15, 0.2) is 53.3 Å². The molecule has 0 fully saturated rings. The zero-order valence-electron chi connectivity index (χ0n) is 15.0. The van der Waals surface area contributed by atoms with Crippen molar-refractivity contribution in [2.75, 3.05) is 0 Å². The van der Waals surface area contributed by atoms with Gasteiger partial charge in [0, 0.05) is 12.8 Å². The quantitative estimate of drug-likeness (QED) is 0.501. The number of aromatic hydroxyl groups is 1. The fourth-order valence-electron chi connectivity index (χ4n) is 2.88. The fourth-order valence-corrected chi connectivity index (χ4v) is 3.75. The Kier molecular flexibility index (Phi) is 5.10. The number of nitrogens with one attached hydrogen (secondary N) is 1. The van der Waals surface area contributed by atoms with E-state index in [0.717, 1.165) is 29.0 Å². The van der Waals surface area contributed by atoms with E-state index in [-0.39, 0.29) is 23.4 Å². The summed E-state index contributed by atoms with van der Waals surface area (Å²) in [5, 5.41) is 11.0. The minimum Gasteiger partial charge on any atom is -0.506 e. The third-order valence-corrected chi connectivity index (χ3v) is 5.31. The highest BCUT2D eigenvalue weighted by atomic mass is 32.1. The van der Waals surface area contributed by atoms with Crippen LogP contribution in [-0.2, 0) is 12.8 Å². The lowest BCUT2D eigenvalue weighted by Gasteiger charge is -2.05. The van der Waals surface area contributed by atoms with E-state index in [9.17, 15) is 18.7 Å². The van der Waals surface area contributed by atoms with E-state index in [1.165, 1.54) is 6.07 Å². The zero-order valence-corrected chi connectivity index (χ0v) is 15.8. The SMILES string of the molecule is O=c1[nH]c2nc(C#CCc3ccccc3)sc2c(O)c1Cc1ccc(F)c(F)c1. The van der Waals surface area contributed by atoms with E-state index in [2.05, 4.69) is 21.8 Å². The molecule has 2 heterocycles. The van der Waals surface area contributed by atoms with Crippen LogP contribution >= 0.6 is 11.3 Å². The predicted molar refractivity (Wildman–Crippen MR) is 108 cm³/mol. The van der Waals surface area contributed by atoms with Crippen molar-refractivity contribution in [2.24, 2.45) is 0 Å². The van der Waals surface area contributed by atoms with E-state index in [1.807, 2.05) is 30.3 Å². The van der Waals surface area contributed by atoms with Gasteiger partial charge in [0.25, 0.3) is 5.56 Å². The molecule has 0 spiro atoms. The van der Waals surface area contributed by atoms with E-state index in [0.29, 0.717) is 21.7 Å². The summed E-state index contributed by atoms with van der Waals surface area (Å²) >= 11 is 1.16. The van der Waals surface area contributed by atoms with Crippen molar-refractivity contribution in [2.45, 2.75) is 12.8 Å². The van der Waals surface area contributed by atoms with Gasteiger partial charge in [0.05, 0.1) is 5.56 Å². The summed E-state index contributed by atoms with van der Waals surface area (Å²) in [6.07, 6.45) is 0.516. The number of aromatic nitrogens is 2. The topological polar surface area (TPSA) is 66.0 Å². The molecule has 4 aromatic rings. The molecule has 0 saturated heterocycles. The molecule has 4 nitrogen and oxygen atoms in total. The summed E-state index contributed by atoms with van der Waals surface area (Å²) in [5.74, 6) is 3.78. The molecule has 0 radical (unpaired) electrons. The lowest BCUT2D eigenvalue weighted by molar-refractivity contribution is 0.475. The predicted octanol–water partition coefficient (Wildman–Crippen LogP) is 4.15. The van der Waals surface area contributed by atoms with Gasteiger partial charge in [-0.1, -0.05) is 53.7 Å². The number of fused-ring (bicyclic) bond motifs is 1. The van der Waals surface area contributed by atoms with Crippen molar-refractivity contribution in [3.05, 3.63) is 92.2 Å². The van der Waals surface area contributed by atoms with E-state index < -0.39 is 17.2 Å². The highest BCUT2D eigenvalue weighted by molar-refractivity contribution is 7.19. The second kappa shape index (κ2) is 7.86. The number of benzene rings is 2. The summed E-state index contributed by atoms with van der Waals surface area (Å²) < 4.78 is 26.9. The van der Waals surface area contributed by atoms with Crippen molar-refractivity contribution in [3.63, 3.8) is 0 Å². The smallest absolute Gasteiger partial charge is 0.256 e. The van der Waals surface area contributed by atoms with Gasteiger partial charge in [-0.05, 0) is 29.2 Å². The van der Waals surface area contributed by atoms with Gasteiger partial charge in [-0.25, -0.2) is 13.8 Å². The number of aromatic amines is 1. The maximum Gasteiger partial charge on any atom is 0.256 e. The molecule has 0 atom stereocenters. The Labute approximate surface area is 168 Å². The molecular formula is C22H14F2N2O2S. The van der Waals surface area contributed by atoms with Gasteiger partial charge in [0.2, 0.25) is 0 Å². The molecule has 0 bridgehead atoms. The monoisotopic (exact) mass is 408 g/mol. The van der Waals surface area contributed by atoms with Gasteiger partial charge in [-0.3, -0.25) is 4.79 Å². The molecular weight excluding hydrogens is 394 g/mol. The standard InChI is InChI=1S/C22H14F2N2O2S/c23-16-10-9-14(12-17(16)24)11-15-19(27)20-21(26-22(15)28)25-18(29-20)8-4-7-13-5-2-1-3-6-13/h1-3,5-6,9-10,12H,7,11H2,(H2,26,27,28). The van der Waals surface area contributed by atoms with E-state index in [1.54, 1.807) is 0 Å². The molecule has 7 heteroatoms. The Morgan fingerprint density at radius 1 is 1.07 bits per heavy atom. The van der Waals surface area contributed by atoms with Gasteiger partial charge in [-0.2, -0.15) is 0 Å². The van der Waals surface area contributed by atoms with Gasteiger partial charge >= 0.3 is 0 Å². The summed E-state index contributed by atoms with van der Waals surface area (Å²) in [6, 6.07) is 13.1. The third-order valence-electron chi connectivity index (χ3n) is 4.33. The van der Waals surface area contributed by atoms with Gasteiger partial charge < -0.3 is 10.1 Å². The number of nitrogens with zero attached hydrogens (tertiary/aromatic N) is 1. The molecule has 2 N–H and O–H groups in total. The maximum absolute atomic E-state index is 13.4.